The van der Waals surface area contributed by atoms with Gasteiger partial charge in [-0.2, -0.15) is 0 Å². The van der Waals surface area contributed by atoms with E-state index in [1.54, 1.807) is 0 Å². The number of nitrogens with one attached hydrogen (secondary N) is 5. The second-order valence-corrected chi connectivity index (χ2v) is 15.4. The Bertz CT molecular complexity index is 1770. The van der Waals surface area contributed by atoms with E-state index in [0.29, 0.717) is 26.4 Å². The minimum absolute atomic E-state index is 0.00749. The molecule has 0 spiro atoms. The number of amides is 4. The highest BCUT2D eigenvalue weighted by atomic mass is 16.6. The molecule has 0 aliphatic carbocycles. The third-order valence-corrected chi connectivity index (χ3v) is 9.78. The molecule has 2 aliphatic rings. The Morgan fingerprint density at radius 1 is 0.789 bits per heavy atom. The van der Waals surface area contributed by atoms with Crippen LogP contribution in [0.15, 0.2) is 23.7 Å². The number of hydrogen-bond donors (Lipinski definition) is 11. The first kappa shape index (κ1) is 61.1. The molecule has 4 amide bonds. The van der Waals surface area contributed by atoms with Crippen molar-refractivity contribution in [1.29, 1.82) is 5.41 Å². The summed E-state index contributed by atoms with van der Waals surface area (Å²) in [6, 6.07) is -1.39. The van der Waals surface area contributed by atoms with E-state index < -0.39 is 91.7 Å². The smallest absolute Gasteiger partial charge is 0.407 e. The Morgan fingerprint density at radius 2 is 1.34 bits per heavy atom. The van der Waals surface area contributed by atoms with Gasteiger partial charge in [0.1, 0.15) is 44.2 Å². The molecular formula is C43H69N7O21. The Kier molecular flexibility index (Phi) is 31.0. The Balaban J connectivity index is 1.74. The van der Waals surface area contributed by atoms with Crippen molar-refractivity contribution in [2.45, 2.75) is 75.2 Å². The van der Waals surface area contributed by atoms with E-state index in [9.17, 15) is 54.3 Å². The molecule has 2 aliphatic heterocycles. The van der Waals surface area contributed by atoms with E-state index in [1.165, 1.54) is 24.0 Å². The van der Waals surface area contributed by atoms with Gasteiger partial charge < -0.3 is 105 Å². The number of aliphatic hydroxyl groups is 3. The van der Waals surface area contributed by atoms with Crippen LogP contribution < -0.4 is 27.0 Å². The number of hydrogen-bond acceptors (Lipinski definition) is 20. The maximum atomic E-state index is 13.2. The van der Waals surface area contributed by atoms with Crippen LogP contribution in [0.3, 0.4) is 0 Å². The summed E-state index contributed by atoms with van der Waals surface area (Å²) < 4.78 is 53.4. The summed E-state index contributed by atoms with van der Waals surface area (Å²) in [4.78, 5) is 73.6. The van der Waals surface area contributed by atoms with Crippen LogP contribution >= 0.6 is 0 Å². The van der Waals surface area contributed by atoms with Crippen LogP contribution in [0, 0.1) is 17.8 Å². The van der Waals surface area contributed by atoms with Crippen molar-refractivity contribution in [2.24, 2.45) is 5.73 Å². The fraction of sp³-hybridized carbons (Fsp3) is 0.698. The van der Waals surface area contributed by atoms with Crippen molar-refractivity contribution in [3.8, 4) is 12.3 Å². The molecule has 28 nitrogen and oxygen atoms in total. The molecule has 0 fully saturated rings. The minimum atomic E-state index is -1.68. The van der Waals surface area contributed by atoms with Crippen LogP contribution in [0.4, 0.5) is 9.59 Å². The number of nitrogens with zero attached hydrogens (tertiary/aromatic N) is 1. The zero-order valence-electron chi connectivity index (χ0n) is 39.6. The standard InChI is InChI=1S/C43H69N7O21/c1-3-11-62-17-19-66-21-22-67-20-18-63-12-6-37(54)50(9-15-64-13-7-46-42(60)68-26-30(52)25-34-31(48-28(2)51)4-5-33(70-34)39(56)57)10-16-65-14-8-47-43(61)69-27-32(53)38(55)35-23-29(49-41(44)45)24-36(71-35)40(58)59/h1,5,24,29-32,34-35,38,52-53,55H,4,6-23,25-27H2,2H3,(H,46,60)(H,47,61)(H,48,51)(H,56,57)(H,58,59)(H4,44,45,49)/t29-,30+,31-,32-,34+,35?,38-/m1/s1. The van der Waals surface area contributed by atoms with Crippen LogP contribution in [0.2, 0.25) is 0 Å². The van der Waals surface area contributed by atoms with E-state index >= 15 is 0 Å². The van der Waals surface area contributed by atoms with Crippen molar-refractivity contribution in [3.63, 3.8) is 0 Å². The van der Waals surface area contributed by atoms with Gasteiger partial charge in [-0.3, -0.25) is 15.0 Å². The van der Waals surface area contributed by atoms with Crippen LogP contribution in [-0.4, -0.2) is 234 Å². The van der Waals surface area contributed by atoms with Gasteiger partial charge in [-0.15, -0.1) is 6.42 Å². The first-order valence-corrected chi connectivity index (χ1v) is 22.6. The third-order valence-electron chi connectivity index (χ3n) is 9.78. The van der Waals surface area contributed by atoms with Gasteiger partial charge in [-0.1, -0.05) is 5.92 Å². The lowest BCUT2D eigenvalue weighted by molar-refractivity contribution is -0.143. The van der Waals surface area contributed by atoms with Crippen LogP contribution in [0.5, 0.6) is 0 Å². The molecule has 7 atom stereocenters. The molecule has 0 aromatic rings. The number of alkyl carbamates (subject to hydrolysis) is 2. The number of carboxylic acids is 2. The fourth-order valence-corrected chi connectivity index (χ4v) is 6.42. The Labute approximate surface area is 410 Å². The van der Waals surface area contributed by atoms with Gasteiger partial charge in [0.25, 0.3) is 0 Å². The lowest BCUT2D eigenvalue weighted by Crippen LogP contribution is -2.49. The number of aliphatic hydroxyl groups excluding tert-OH is 3. The monoisotopic (exact) mass is 1020 g/mol. The Morgan fingerprint density at radius 3 is 1.89 bits per heavy atom. The molecule has 0 bridgehead atoms. The van der Waals surface area contributed by atoms with E-state index in [-0.39, 0.29) is 122 Å². The molecule has 0 saturated heterocycles. The summed E-state index contributed by atoms with van der Waals surface area (Å²) in [7, 11) is 0. The molecule has 2 rings (SSSR count). The van der Waals surface area contributed by atoms with Gasteiger partial charge in [0.05, 0.1) is 97.3 Å². The molecule has 71 heavy (non-hydrogen) atoms. The normalized spacial score (nSPS) is 18.6. The number of carboxylic acid groups (broad SMARTS) is 2. The second-order valence-electron chi connectivity index (χ2n) is 15.4. The number of nitrogens with two attached hydrogens (primary N) is 1. The lowest BCUT2D eigenvalue weighted by Gasteiger charge is -2.33. The van der Waals surface area contributed by atoms with Gasteiger partial charge in [-0.05, 0) is 18.6 Å². The SMILES string of the molecule is C#CCOCCOCCOCCOCCC(=O)N(CCOCCNC(=O)OC[C@@H](O)C[C@@H]1OC(C(=O)O)=CC[C@H]1NC(C)=O)CCOCCNC(=O)OC[C@@H](O)[C@@H](O)C1C[C@@H](NC(=N)N)C=C(C(=O)O)O1. The highest BCUT2D eigenvalue weighted by Crippen LogP contribution is 2.23. The maximum absolute atomic E-state index is 13.2. The molecule has 2 heterocycles. The molecule has 0 radical (unpaired) electrons. The van der Waals surface area contributed by atoms with Crippen molar-refractivity contribution in [3.05, 3.63) is 23.7 Å². The van der Waals surface area contributed by atoms with Gasteiger partial charge in [-0.25, -0.2) is 19.2 Å². The first-order valence-electron chi connectivity index (χ1n) is 22.6. The van der Waals surface area contributed by atoms with Crippen molar-refractivity contribution < 1.29 is 102 Å². The predicted molar refractivity (Wildman–Crippen MR) is 243 cm³/mol. The largest absolute Gasteiger partial charge is 0.481 e. The molecular weight excluding hydrogens is 951 g/mol. The quantitative estimate of drug-likeness (QED) is 0.0126. The number of rotatable bonds is 37. The second kappa shape index (κ2) is 36.0. The summed E-state index contributed by atoms with van der Waals surface area (Å²) in [5.74, 6) is -2.33. The zero-order chi connectivity index (χ0) is 52.4. The topological polar surface area (TPSA) is 397 Å². The Hall–Kier alpha value is -6.03. The summed E-state index contributed by atoms with van der Waals surface area (Å²) in [6.07, 6.45) is -0.953. The number of terminal acetylenes is 1. The molecule has 0 aromatic carbocycles. The number of carbonyl (C=O) groups excluding carboxylic acids is 4. The van der Waals surface area contributed by atoms with E-state index in [4.69, 9.17) is 64.9 Å². The number of ether oxygens (including phenoxy) is 10. The maximum Gasteiger partial charge on any atom is 0.407 e. The van der Waals surface area contributed by atoms with E-state index in [0.717, 1.165) is 0 Å². The highest BCUT2D eigenvalue weighted by molar-refractivity contribution is 5.85. The van der Waals surface area contributed by atoms with Crippen molar-refractivity contribution in [2.75, 3.05) is 119 Å². The molecule has 0 saturated carbocycles. The van der Waals surface area contributed by atoms with E-state index in [1.807, 2.05) is 0 Å². The van der Waals surface area contributed by atoms with Crippen LogP contribution in [0.25, 0.3) is 0 Å². The van der Waals surface area contributed by atoms with Gasteiger partial charge in [0.15, 0.2) is 5.96 Å². The van der Waals surface area contributed by atoms with Gasteiger partial charge >= 0.3 is 24.1 Å². The predicted octanol–water partition coefficient (Wildman–Crippen LogP) is -3.27. The minimum Gasteiger partial charge on any atom is -0.481 e. The van der Waals surface area contributed by atoms with Gasteiger partial charge in [0, 0.05) is 45.9 Å². The summed E-state index contributed by atoms with van der Waals surface area (Å²) in [5.41, 5.74) is 5.33. The third kappa shape index (κ3) is 27.8. The number of guanidine groups is 1. The lowest BCUT2D eigenvalue weighted by atomic mass is 9.98. The number of aliphatic carboxylic acids is 2. The summed E-state index contributed by atoms with van der Waals surface area (Å²) in [5, 5.41) is 67.5. The van der Waals surface area contributed by atoms with Crippen LogP contribution in [0.1, 0.15) is 32.6 Å². The summed E-state index contributed by atoms with van der Waals surface area (Å²) in [6.45, 7) is 2.75. The molecule has 28 heteroatoms. The zero-order valence-corrected chi connectivity index (χ0v) is 39.6. The molecule has 402 valence electrons. The van der Waals surface area contributed by atoms with Crippen LogP contribution in [-0.2, 0) is 66.5 Å². The number of carbonyl (C=O) groups is 6. The first-order chi connectivity index (χ1) is 34.0. The average Bonchev–Trinajstić information content (AvgIpc) is 3.32. The van der Waals surface area contributed by atoms with Crippen molar-refractivity contribution >= 4 is 41.9 Å². The fourth-order valence-electron chi connectivity index (χ4n) is 6.42. The van der Waals surface area contributed by atoms with Crippen molar-refractivity contribution in [1.82, 2.24) is 26.2 Å². The molecule has 1 unspecified atom stereocenters. The van der Waals surface area contributed by atoms with E-state index in [2.05, 4.69) is 27.2 Å². The molecule has 12 N–H and O–H groups in total. The summed E-state index contributed by atoms with van der Waals surface area (Å²) >= 11 is 0. The average molecular weight is 1020 g/mol. The molecule has 0 aromatic heterocycles. The highest BCUT2D eigenvalue weighted by Gasteiger charge is 2.36. The van der Waals surface area contributed by atoms with Gasteiger partial charge in [0.2, 0.25) is 23.3 Å².